The fourth-order valence-corrected chi connectivity index (χ4v) is 12.0. The van der Waals surface area contributed by atoms with Crippen LogP contribution in [0.3, 0.4) is 0 Å². The standard InChI is InChI=1S/C65H38N6/c66-39-40-27-31-48-49-32-29-44(37-57(49)65(56(48)35-40)54-23-11-7-19-46(54)47-20-8-12-24-55(47)65)63-67-62(41-15-3-1-4-16-41)68-64(69-63)71-59-26-14-9-21-50(59)52-33-28-43(38-61(52)71)42-30-34-60-53(36-42)51-22-10-13-25-58(51)70(60)45-17-5-2-6-18-45/h1-38H. The molecule has 2 aliphatic carbocycles. The Hall–Kier alpha value is -9.70. The minimum absolute atomic E-state index is 0.535. The zero-order valence-electron chi connectivity index (χ0n) is 38.1. The van der Waals surface area contributed by atoms with E-state index in [0.717, 1.165) is 77.5 Å². The van der Waals surface area contributed by atoms with Crippen LogP contribution < -0.4 is 0 Å². The van der Waals surface area contributed by atoms with Gasteiger partial charge in [0.25, 0.3) is 0 Å². The van der Waals surface area contributed by atoms with Crippen LogP contribution in [-0.2, 0) is 5.41 Å². The van der Waals surface area contributed by atoms with Gasteiger partial charge in [-0.05, 0) is 116 Å². The smallest absolute Gasteiger partial charge is 0.238 e. The first kappa shape index (κ1) is 39.3. The zero-order chi connectivity index (χ0) is 46.8. The Kier molecular flexibility index (Phi) is 8.25. The molecule has 0 amide bonds. The van der Waals surface area contributed by atoms with Crippen LogP contribution >= 0.6 is 0 Å². The number of nitriles is 1. The molecule has 1 spiro atoms. The molecule has 71 heavy (non-hydrogen) atoms. The molecule has 6 nitrogen and oxygen atoms in total. The summed E-state index contributed by atoms with van der Waals surface area (Å²) in [5.41, 5.74) is 18.8. The zero-order valence-corrected chi connectivity index (χ0v) is 38.1. The van der Waals surface area contributed by atoms with Crippen LogP contribution in [0.2, 0.25) is 0 Å². The topological polar surface area (TPSA) is 72.3 Å². The first-order valence-corrected chi connectivity index (χ1v) is 24.0. The van der Waals surface area contributed by atoms with Gasteiger partial charge in [-0.15, -0.1) is 0 Å². The van der Waals surface area contributed by atoms with Gasteiger partial charge in [0, 0.05) is 38.4 Å². The van der Waals surface area contributed by atoms with E-state index in [0.29, 0.717) is 23.2 Å². The number of hydrogen-bond acceptors (Lipinski definition) is 4. The molecule has 0 N–H and O–H groups in total. The largest absolute Gasteiger partial charge is 0.309 e. The number of para-hydroxylation sites is 3. The second kappa shape index (κ2) is 14.9. The Labute approximate surface area is 408 Å². The summed E-state index contributed by atoms with van der Waals surface area (Å²) in [4.78, 5) is 16.1. The van der Waals surface area contributed by atoms with Gasteiger partial charge in [-0.3, -0.25) is 4.57 Å². The first-order valence-electron chi connectivity index (χ1n) is 24.0. The summed E-state index contributed by atoms with van der Waals surface area (Å²) in [5, 5.41) is 14.9. The average molecular weight is 903 g/mol. The van der Waals surface area contributed by atoms with Crippen molar-refractivity contribution in [2.45, 2.75) is 5.41 Å². The Morgan fingerprint density at radius 3 is 1.59 bits per heavy atom. The maximum Gasteiger partial charge on any atom is 0.238 e. The summed E-state index contributed by atoms with van der Waals surface area (Å²) in [5.74, 6) is 1.69. The van der Waals surface area contributed by atoms with Crippen molar-refractivity contribution in [1.82, 2.24) is 24.1 Å². The molecule has 3 heterocycles. The molecule has 0 aliphatic heterocycles. The lowest BCUT2D eigenvalue weighted by atomic mass is 9.70. The molecule has 15 rings (SSSR count). The van der Waals surface area contributed by atoms with Crippen molar-refractivity contribution in [3.63, 3.8) is 0 Å². The molecular formula is C65H38N6. The maximum atomic E-state index is 10.3. The monoisotopic (exact) mass is 902 g/mol. The van der Waals surface area contributed by atoms with Crippen LogP contribution in [0.1, 0.15) is 27.8 Å². The molecule has 13 aromatic rings. The van der Waals surface area contributed by atoms with Crippen molar-refractivity contribution >= 4 is 43.6 Å². The van der Waals surface area contributed by atoms with E-state index in [1.165, 1.54) is 38.5 Å². The van der Waals surface area contributed by atoms with Crippen LogP contribution in [0, 0.1) is 11.3 Å². The molecule has 0 saturated carbocycles. The van der Waals surface area contributed by atoms with E-state index in [9.17, 15) is 5.26 Å². The molecule has 0 unspecified atom stereocenters. The van der Waals surface area contributed by atoms with Gasteiger partial charge in [-0.1, -0.05) is 170 Å². The molecule has 10 aromatic carbocycles. The number of fused-ring (bicyclic) bond motifs is 16. The van der Waals surface area contributed by atoms with Crippen molar-refractivity contribution in [3.05, 3.63) is 258 Å². The summed E-state index contributed by atoms with van der Waals surface area (Å²) >= 11 is 0. The minimum Gasteiger partial charge on any atom is -0.309 e. The normalized spacial score (nSPS) is 12.9. The van der Waals surface area contributed by atoms with Gasteiger partial charge in [0.15, 0.2) is 11.6 Å². The third-order valence-electron chi connectivity index (χ3n) is 15.0. The molecular weight excluding hydrogens is 865 g/mol. The Morgan fingerprint density at radius 2 is 0.859 bits per heavy atom. The number of benzene rings is 10. The molecule has 0 radical (unpaired) electrons. The maximum absolute atomic E-state index is 10.3. The number of rotatable bonds is 5. The molecule has 328 valence electrons. The third kappa shape index (κ3) is 5.54. The highest BCUT2D eigenvalue weighted by molar-refractivity contribution is 6.12. The highest BCUT2D eigenvalue weighted by atomic mass is 15.2. The molecule has 0 saturated heterocycles. The molecule has 6 heteroatoms. The molecule has 2 aliphatic rings. The van der Waals surface area contributed by atoms with E-state index in [1.54, 1.807) is 0 Å². The van der Waals surface area contributed by atoms with E-state index in [2.05, 4.69) is 221 Å². The second-order valence-corrected chi connectivity index (χ2v) is 18.6. The summed E-state index contributed by atoms with van der Waals surface area (Å²) in [6.45, 7) is 0. The summed E-state index contributed by atoms with van der Waals surface area (Å²) < 4.78 is 4.57. The van der Waals surface area contributed by atoms with Crippen LogP contribution in [-0.4, -0.2) is 24.1 Å². The van der Waals surface area contributed by atoms with Gasteiger partial charge in [0.1, 0.15) is 0 Å². The van der Waals surface area contributed by atoms with Crippen molar-refractivity contribution in [2.24, 2.45) is 0 Å². The van der Waals surface area contributed by atoms with Gasteiger partial charge in [0.2, 0.25) is 5.95 Å². The number of aromatic nitrogens is 5. The Morgan fingerprint density at radius 1 is 0.338 bits per heavy atom. The SMILES string of the molecule is N#Cc1ccc2c(c1)C1(c3ccccc3-c3ccccc31)c1cc(-c3nc(-c4ccccc4)nc(-n4c5ccccc5c5ccc(-c6ccc7c(c6)c6ccccc6n7-c6ccccc6)cc54)n3)ccc1-2. The quantitative estimate of drug-likeness (QED) is 0.172. The minimum atomic E-state index is -0.651. The van der Waals surface area contributed by atoms with Gasteiger partial charge in [-0.2, -0.15) is 15.2 Å². The van der Waals surface area contributed by atoms with Crippen molar-refractivity contribution in [1.29, 1.82) is 5.26 Å². The molecule has 0 bridgehead atoms. The van der Waals surface area contributed by atoms with E-state index in [1.807, 2.05) is 24.3 Å². The average Bonchev–Trinajstić information content (AvgIpc) is 4.15. The molecule has 0 fully saturated rings. The van der Waals surface area contributed by atoms with Gasteiger partial charge >= 0.3 is 0 Å². The fourth-order valence-electron chi connectivity index (χ4n) is 12.0. The lowest BCUT2D eigenvalue weighted by Crippen LogP contribution is -2.26. The van der Waals surface area contributed by atoms with E-state index in [4.69, 9.17) is 15.0 Å². The Balaban J connectivity index is 0.949. The highest BCUT2D eigenvalue weighted by Crippen LogP contribution is 2.63. The van der Waals surface area contributed by atoms with Crippen molar-refractivity contribution in [3.8, 4) is 73.9 Å². The Bertz CT molecular complexity index is 4380. The molecule has 3 aromatic heterocycles. The number of nitrogens with zero attached hydrogens (tertiary/aromatic N) is 6. The van der Waals surface area contributed by atoms with Crippen LogP contribution in [0.4, 0.5) is 0 Å². The molecule has 0 atom stereocenters. The first-order chi connectivity index (χ1) is 35.2. The van der Waals surface area contributed by atoms with Gasteiger partial charge in [-0.25, -0.2) is 4.98 Å². The van der Waals surface area contributed by atoms with Crippen LogP contribution in [0.25, 0.3) is 111 Å². The van der Waals surface area contributed by atoms with Crippen molar-refractivity contribution < 1.29 is 0 Å². The van der Waals surface area contributed by atoms with Gasteiger partial charge in [0.05, 0.1) is 39.1 Å². The van der Waals surface area contributed by atoms with E-state index >= 15 is 0 Å². The summed E-state index contributed by atoms with van der Waals surface area (Å²) in [7, 11) is 0. The predicted octanol–water partition coefficient (Wildman–Crippen LogP) is 15.3. The summed E-state index contributed by atoms with van der Waals surface area (Å²) in [6, 6.07) is 84.3. The third-order valence-corrected chi connectivity index (χ3v) is 15.0. The highest BCUT2D eigenvalue weighted by Gasteiger charge is 2.51. The summed E-state index contributed by atoms with van der Waals surface area (Å²) in [6.07, 6.45) is 0. The number of hydrogen-bond donors (Lipinski definition) is 0. The van der Waals surface area contributed by atoms with Gasteiger partial charge < -0.3 is 4.57 Å². The van der Waals surface area contributed by atoms with Crippen LogP contribution in [0.5, 0.6) is 0 Å². The lowest BCUT2D eigenvalue weighted by molar-refractivity contribution is 0.793. The van der Waals surface area contributed by atoms with E-state index < -0.39 is 5.41 Å². The van der Waals surface area contributed by atoms with Crippen LogP contribution in [0.15, 0.2) is 231 Å². The van der Waals surface area contributed by atoms with Crippen molar-refractivity contribution in [2.75, 3.05) is 0 Å². The second-order valence-electron chi connectivity index (χ2n) is 18.6. The predicted molar refractivity (Wildman–Crippen MR) is 286 cm³/mol. The fraction of sp³-hybridized carbons (Fsp3) is 0.0154. The van der Waals surface area contributed by atoms with E-state index in [-0.39, 0.29) is 0 Å². The lowest BCUT2D eigenvalue weighted by Gasteiger charge is -2.30.